The molecule has 100 valence electrons. The molecule has 1 fully saturated rings. The summed E-state index contributed by atoms with van der Waals surface area (Å²) >= 11 is 0. The number of hydrogen-bond donors (Lipinski definition) is 1. The van der Waals surface area contributed by atoms with E-state index < -0.39 is 0 Å². The van der Waals surface area contributed by atoms with Gasteiger partial charge in [0.05, 0.1) is 6.10 Å². The van der Waals surface area contributed by atoms with E-state index in [1.807, 2.05) is 0 Å². The van der Waals surface area contributed by atoms with Crippen molar-refractivity contribution < 1.29 is 5.11 Å². The van der Waals surface area contributed by atoms with Crippen LogP contribution in [0.15, 0.2) is 24.3 Å². The van der Waals surface area contributed by atoms with Crippen molar-refractivity contribution in [1.82, 2.24) is 0 Å². The van der Waals surface area contributed by atoms with Gasteiger partial charge in [-0.1, -0.05) is 45.0 Å². The molecule has 1 unspecified atom stereocenters. The Morgan fingerprint density at radius 1 is 1.17 bits per heavy atom. The molecular formula is C17H26O. The standard InChI is InChI=1S/C17H26O/c1-17(2,3)15-11-7-13(8-12-15)5-4-6-16(18)14-9-10-14/h7-8,11-12,14,16,18H,4-6,9-10H2,1-3H3. The van der Waals surface area contributed by atoms with Gasteiger partial charge in [0, 0.05) is 0 Å². The summed E-state index contributed by atoms with van der Waals surface area (Å²) in [6.07, 6.45) is 5.59. The third-order valence-electron chi connectivity index (χ3n) is 3.95. The van der Waals surface area contributed by atoms with Crippen molar-refractivity contribution in [1.29, 1.82) is 0 Å². The Bertz CT molecular complexity index is 368. The molecule has 1 nitrogen and oxygen atoms in total. The molecule has 0 heterocycles. The topological polar surface area (TPSA) is 20.2 Å². The molecule has 18 heavy (non-hydrogen) atoms. The lowest BCUT2D eigenvalue weighted by Crippen LogP contribution is -2.11. The normalized spacial score (nSPS) is 17.8. The molecule has 0 spiro atoms. The second-order valence-corrected chi connectivity index (χ2v) is 6.74. The van der Waals surface area contributed by atoms with Crippen LogP contribution in [0.4, 0.5) is 0 Å². The molecule has 1 aliphatic rings. The van der Waals surface area contributed by atoms with Gasteiger partial charge >= 0.3 is 0 Å². The molecule has 0 amide bonds. The second-order valence-electron chi connectivity index (χ2n) is 6.74. The van der Waals surface area contributed by atoms with Crippen LogP contribution in [0.3, 0.4) is 0 Å². The Balaban J connectivity index is 1.79. The van der Waals surface area contributed by atoms with Crippen LogP contribution in [0.25, 0.3) is 0 Å². The number of rotatable bonds is 5. The maximum atomic E-state index is 9.82. The summed E-state index contributed by atoms with van der Waals surface area (Å²) in [5.41, 5.74) is 3.02. The van der Waals surface area contributed by atoms with E-state index >= 15 is 0 Å². The Labute approximate surface area is 111 Å². The highest BCUT2D eigenvalue weighted by Crippen LogP contribution is 2.34. The maximum absolute atomic E-state index is 9.82. The molecule has 0 aromatic heterocycles. The smallest absolute Gasteiger partial charge is 0.0568 e. The predicted octanol–water partition coefficient (Wildman–Crippen LogP) is 4.08. The largest absolute Gasteiger partial charge is 0.393 e. The van der Waals surface area contributed by atoms with Gasteiger partial charge in [-0.05, 0) is 54.6 Å². The molecular weight excluding hydrogens is 220 g/mol. The van der Waals surface area contributed by atoms with Crippen LogP contribution in [0, 0.1) is 5.92 Å². The van der Waals surface area contributed by atoms with Gasteiger partial charge in [0.25, 0.3) is 0 Å². The van der Waals surface area contributed by atoms with Crippen molar-refractivity contribution in [3.8, 4) is 0 Å². The molecule has 1 aliphatic carbocycles. The monoisotopic (exact) mass is 246 g/mol. The van der Waals surface area contributed by atoms with Crippen molar-refractivity contribution in [2.75, 3.05) is 0 Å². The van der Waals surface area contributed by atoms with Crippen LogP contribution in [-0.2, 0) is 11.8 Å². The highest BCUT2D eigenvalue weighted by Gasteiger charge is 2.28. The van der Waals surface area contributed by atoms with E-state index in [4.69, 9.17) is 0 Å². The fourth-order valence-corrected chi connectivity index (χ4v) is 2.40. The third-order valence-corrected chi connectivity index (χ3v) is 3.95. The molecule has 1 atom stereocenters. The third kappa shape index (κ3) is 3.84. The zero-order valence-electron chi connectivity index (χ0n) is 11.9. The number of aryl methyl sites for hydroxylation is 1. The molecule has 0 bridgehead atoms. The van der Waals surface area contributed by atoms with Crippen molar-refractivity contribution in [2.24, 2.45) is 5.92 Å². The Hall–Kier alpha value is -0.820. The zero-order valence-corrected chi connectivity index (χ0v) is 11.9. The minimum atomic E-state index is -0.0427. The van der Waals surface area contributed by atoms with Crippen LogP contribution >= 0.6 is 0 Å². The maximum Gasteiger partial charge on any atom is 0.0568 e. The van der Waals surface area contributed by atoms with E-state index in [0.717, 1.165) is 19.3 Å². The number of aliphatic hydroxyl groups is 1. The van der Waals surface area contributed by atoms with Crippen LogP contribution in [0.5, 0.6) is 0 Å². The van der Waals surface area contributed by atoms with Crippen LogP contribution in [0.1, 0.15) is 57.6 Å². The first-order valence-corrected chi connectivity index (χ1v) is 7.24. The number of aliphatic hydroxyl groups excluding tert-OH is 1. The van der Waals surface area contributed by atoms with Gasteiger partial charge in [-0.25, -0.2) is 0 Å². The summed E-state index contributed by atoms with van der Waals surface area (Å²) in [5.74, 6) is 0.619. The fraction of sp³-hybridized carbons (Fsp3) is 0.647. The van der Waals surface area contributed by atoms with E-state index in [0.29, 0.717) is 5.92 Å². The average molecular weight is 246 g/mol. The molecule has 2 rings (SSSR count). The fourth-order valence-electron chi connectivity index (χ4n) is 2.40. The molecule has 0 aliphatic heterocycles. The molecule has 1 N–H and O–H groups in total. The zero-order chi connectivity index (χ0) is 13.2. The first kappa shape index (κ1) is 13.6. The van der Waals surface area contributed by atoms with Crippen LogP contribution in [-0.4, -0.2) is 11.2 Å². The van der Waals surface area contributed by atoms with Crippen molar-refractivity contribution in [2.45, 2.75) is 64.4 Å². The van der Waals surface area contributed by atoms with Gasteiger partial charge in [0.15, 0.2) is 0 Å². The van der Waals surface area contributed by atoms with Crippen LogP contribution < -0.4 is 0 Å². The van der Waals surface area contributed by atoms with E-state index in [2.05, 4.69) is 45.0 Å². The minimum Gasteiger partial charge on any atom is -0.393 e. The number of benzene rings is 1. The predicted molar refractivity (Wildman–Crippen MR) is 76.8 cm³/mol. The van der Waals surface area contributed by atoms with Gasteiger partial charge in [-0.3, -0.25) is 0 Å². The minimum absolute atomic E-state index is 0.0427. The summed E-state index contributed by atoms with van der Waals surface area (Å²) in [6, 6.07) is 8.97. The summed E-state index contributed by atoms with van der Waals surface area (Å²) < 4.78 is 0. The molecule has 1 saturated carbocycles. The summed E-state index contributed by atoms with van der Waals surface area (Å²) in [5, 5.41) is 9.82. The summed E-state index contributed by atoms with van der Waals surface area (Å²) in [6.45, 7) is 6.73. The molecule has 0 saturated heterocycles. The SMILES string of the molecule is CC(C)(C)c1ccc(CCCC(O)C2CC2)cc1. The lowest BCUT2D eigenvalue weighted by atomic mass is 9.86. The lowest BCUT2D eigenvalue weighted by molar-refractivity contribution is 0.139. The van der Waals surface area contributed by atoms with Gasteiger partial charge in [0.1, 0.15) is 0 Å². The lowest BCUT2D eigenvalue weighted by Gasteiger charge is -2.19. The van der Waals surface area contributed by atoms with Crippen molar-refractivity contribution in [3.63, 3.8) is 0 Å². The van der Waals surface area contributed by atoms with E-state index in [-0.39, 0.29) is 11.5 Å². The Morgan fingerprint density at radius 3 is 2.28 bits per heavy atom. The molecule has 1 aromatic carbocycles. The average Bonchev–Trinajstić information content (AvgIpc) is 3.12. The van der Waals surface area contributed by atoms with Gasteiger partial charge in [-0.2, -0.15) is 0 Å². The van der Waals surface area contributed by atoms with Gasteiger partial charge < -0.3 is 5.11 Å². The van der Waals surface area contributed by atoms with Crippen molar-refractivity contribution >= 4 is 0 Å². The number of hydrogen-bond acceptors (Lipinski definition) is 1. The summed E-state index contributed by atoms with van der Waals surface area (Å²) in [4.78, 5) is 0. The Morgan fingerprint density at radius 2 is 1.78 bits per heavy atom. The van der Waals surface area contributed by atoms with Crippen LogP contribution in [0.2, 0.25) is 0 Å². The highest BCUT2D eigenvalue weighted by molar-refractivity contribution is 5.27. The first-order chi connectivity index (χ1) is 8.47. The van der Waals surface area contributed by atoms with Crippen molar-refractivity contribution in [3.05, 3.63) is 35.4 Å². The highest BCUT2D eigenvalue weighted by atomic mass is 16.3. The van der Waals surface area contributed by atoms with Gasteiger partial charge in [-0.15, -0.1) is 0 Å². The van der Waals surface area contributed by atoms with E-state index in [1.54, 1.807) is 0 Å². The summed E-state index contributed by atoms with van der Waals surface area (Å²) in [7, 11) is 0. The first-order valence-electron chi connectivity index (χ1n) is 7.24. The molecule has 0 radical (unpaired) electrons. The molecule has 1 heteroatoms. The quantitative estimate of drug-likeness (QED) is 0.830. The molecule has 1 aromatic rings. The van der Waals surface area contributed by atoms with E-state index in [1.165, 1.54) is 24.0 Å². The van der Waals surface area contributed by atoms with Gasteiger partial charge in [0.2, 0.25) is 0 Å². The van der Waals surface area contributed by atoms with E-state index in [9.17, 15) is 5.11 Å². The second kappa shape index (κ2) is 5.44. The Kier molecular flexibility index (Phi) is 4.11.